The van der Waals surface area contributed by atoms with Gasteiger partial charge in [0.25, 0.3) is 0 Å². The first-order valence-corrected chi connectivity index (χ1v) is 5.27. The molecule has 0 aromatic carbocycles. The molecule has 1 aromatic rings. The van der Waals surface area contributed by atoms with Crippen LogP contribution in [0.15, 0.2) is 12.4 Å². The van der Waals surface area contributed by atoms with Gasteiger partial charge in [-0.3, -0.25) is 0 Å². The highest BCUT2D eigenvalue weighted by molar-refractivity contribution is 4.92. The van der Waals surface area contributed by atoms with E-state index < -0.39 is 0 Å². The van der Waals surface area contributed by atoms with Crippen LogP contribution in [0, 0.1) is 5.41 Å². The van der Waals surface area contributed by atoms with Crippen molar-refractivity contribution in [3.8, 4) is 0 Å². The van der Waals surface area contributed by atoms with E-state index in [1.807, 2.05) is 19.4 Å². The van der Waals surface area contributed by atoms with Crippen LogP contribution in [0.4, 0.5) is 0 Å². The number of nitrogens with zero attached hydrogens (tertiary/aromatic N) is 2. The van der Waals surface area contributed by atoms with E-state index in [0.29, 0.717) is 0 Å². The van der Waals surface area contributed by atoms with Gasteiger partial charge < -0.3 is 10.3 Å². The van der Waals surface area contributed by atoms with Gasteiger partial charge in [-0.15, -0.1) is 0 Å². The molecule has 80 valence electrons. The Morgan fingerprint density at radius 2 is 2.29 bits per heavy atom. The molecule has 0 aliphatic carbocycles. The summed E-state index contributed by atoms with van der Waals surface area (Å²) >= 11 is 0. The second-order valence-electron chi connectivity index (χ2n) is 4.32. The predicted molar refractivity (Wildman–Crippen MR) is 59.0 cm³/mol. The molecule has 0 fully saturated rings. The molecule has 1 atom stereocenters. The molecular weight excluding hydrogens is 174 g/mol. The quantitative estimate of drug-likeness (QED) is 0.777. The molecule has 3 nitrogen and oxygen atoms in total. The second kappa shape index (κ2) is 4.60. The van der Waals surface area contributed by atoms with Crippen molar-refractivity contribution in [1.29, 1.82) is 0 Å². The SMILES string of the molecule is CCC(C)(CN)CCc1nccn1C. The minimum absolute atomic E-state index is 0.270. The summed E-state index contributed by atoms with van der Waals surface area (Å²) in [7, 11) is 2.04. The van der Waals surface area contributed by atoms with Crippen LogP contribution in [-0.2, 0) is 13.5 Å². The summed E-state index contributed by atoms with van der Waals surface area (Å²) in [6.07, 6.45) is 7.10. The average Bonchev–Trinajstić information content (AvgIpc) is 2.61. The lowest BCUT2D eigenvalue weighted by molar-refractivity contribution is 0.293. The zero-order chi connectivity index (χ0) is 10.6. The molecular formula is C11H21N3. The zero-order valence-corrected chi connectivity index (χ0v) is 9.45. The average molecular weight is 195 g/mol. The molecule has 2 N–H and O–H groups in total. The van der Waals surface area contributed by atoms with Gasteiger partial charge in [0.15, 0.2) is 0 Å². The highest BCUT2D eigenvalue weighted by Crippen LogP contribution is 2.25. The van der Waals surface area contributed by atoms with E-state index in [-0.39, 0.29) is 5.41 Å². The van der Waals surface area contributed by atoms with Gasteiger partial charge in [0, 0.05) is 25.9 Å². The standard InChI is InChI=1S/C11H21N3/c1-4-11(2,9-12)6-5-10-13-7-8-14(10)3/h7-8H,4-6,9,12H2,1-3H3. The lowest BCUT2D eigenvalue weighted by Gasteiger charge is -2.25. The van der Waals surface area contributed by atoms with Crippen molar-refractivity contribution in [2.45, 2.75) is 33.1 Å². The Balaban J connectivity index is 2.52. The Bertz CT molecular complexity index is 274. The van der Waals surface area contributed by atoms with E-state index in [1.165, 1.54) is 0 Å². The molecule has 0 spiro atoms. The molecule has 0 saturated heterocycles. The Kier molecular flexibility index (Phi) is 3.69. The summed E-state index contributed by atoms with van der Waals surface area (Å²) in [6.45, 7) is 5.20. The summed E-state index contributed by atoms with van der Waals surface area (Å²) in [4.78, 5) is 4.31. The maximum atomic E-state index is 5.77. The Morgan fingerprint density at radius 3 is 2.71 bits per heavy atom. The fourth-order valence-electron chi connectivity index (χ4n) is 1.47. The van der Waals surface area contributed by atoms with Crippen molar-refractivity contribution in [1.82, 2.24) is 9.55 Å². The molecule has 1 rings (SSSR count). The Labute approximate surface area is 86.3 Å². The van der Waals surface area contributed by atoms with E-state index >= 15 is 0 Å². The van der Waals surface area contributed by atoms with Crippen molar-refractivity contribution in [2.75, 3.05) is 6.54 Å². The maximum Gasteiger partial charge on any atom is 0.108 e. The monoisotopic (exact) mass is 195 g/mol. The smallest absolute Gasteiger partial charge is 0.108 e. The van der Waals surface area contributed by atoms with Crippen molar-refractivity contribution < 1.29 is 0 Å². The molecule has 1 aromatic heterocycles. The third-order valence-corrected chi connectivity index (χ3v) is 3.22. The van der Waals surface area contributed by atoms with E-state index in [9.17, 15) is 0 Å². The highest BCUT2D eigenvalue weighted by Gasteiger charge is 2.20. The number of aryl methyl sites for hydroxylation is 2. The Hall–Kier alpha value is -0.830. The molecule has 3 heteroatoms. The first-order chi connectivity index (χ1) is 6.61. The van der Waals surface area contributed by atoms with Crippen LogP contribution in [-0.4, -0.2) is 16.1 Å². The summed E-state index contributed by atoms with van der Waals surface area (Å²) in [6, 6.07) is 0. The lowest BCUT2D eigenvalue weighted by atomic mass is 9.83. The van der Waals surface area contributed by atoms with Gasteiger partial charge in [-0.05, 0) is 24.8 Å². The molecule has 1 heterocycles. The topological polar surface area (TPSA) is 43.8 Å². The van der Waals surface area contributed by atoms with Gasteiger partial charge in [-0.1, -0.05) is 13.8 Å². The van der Waals surface area contributed by atoms with Gasteiger partial charge in [-0.2, -0.15) is 0 Å². The van der Waals surface area contributed by atoms with Crippen LogP contribution in [0.1, 0.15) is 32.5 Å². The van der Waals surface area contributed by atoms with E-state index in [1.54, 1.807) is 0 Å². The zero-order valence-electron chi connectivity index (χ0n) is 9.45. The summed E-state index contributed by atoms with van der Waals surface area (Å²) in [5, 5.41) is 0. The van der Waals surface area contributed by atoms with Crippen molar-refractivity contribution in [2.24, 2.45) is 18.2 Å². The normalized spacial score (nSPS) is 15.4. The fraction of sp³-hybridized carbons (Fsp3) is 0.727. The number of rotatable bonds is 5. The highest BCUT2D eigenvalue weighted by atomic mass is 15.0. The summed E-state index contributed by atoms with van der Waals surface area (Å²) < 4.78 is 2.08. The van der Waals surface area contributed by atoms with Gasteiger partial charge in [0.2, 0.25) is 0 Å². The predicted octanol–water partition coefficient (Wildman–Crippen LogP) is 1.73. The van der Waals surface area contributed by atoms with Gasteiger partial charge in [0.05, 0.1) is 0 Å². The third-order valence-electron chi connectivity index (χ3n) is 3.22. The lowest BCUT2D eigenvalue weighted by Crippen LogP contribution is -2.27. The first kappa shape index (κ1) is 11.2. The molecule has 0 aliphatic rings. The van der Waals surface area contributed by atoms with E-state index in [2.05, 4.69) is 23.4 Å². The molecule has 0 bridgehead atoms. The van der Waals surface area contributed by atoms with Gasteiger partial charge >= 0.3 is 0 Å². The maximum absolute atomic E-state index is 5.77. The van der Waals surface area contributed by atoms with Crippen molar-refractivity contribution >= 4 is 0 Å². The Morgan fingerprint density at radius 1 is 1.57 bits per heavy atom. The van der Waals surface area contributed by atoms with Crippen LogP contribution in [0.25, 0.3) is 0 Å². The number of aromatic nitrogens is 2. The van der Waals surface area contributed by atoms with Crippen LogP contribution < -0.4 is 5.73 Å². The summed E-state index contributed by atoms with van der Waals surface area (Å²) in [5.41, 5.74) is 6.04. The molecule has 0 amide bonds. The number of nitrogens with two attached hydrogens (primary N) is 1. The number of hydrogen-bond donors (Lipinski definition) is 1. The van der Waals surface area contributed by atoms with Crippen LogP contribution in [0.5, 0.6) is 0 Å². The minimum atomic E-state index is 0.270. The van der Waals surface area contributed by atoms with Gasteiger partial charge in [-0.25, -0.2) is 4.98 Å². The first-order valence-electron chi connectivity index (χ1n) is 5.27. The van der Waals surface area contributed by atoms with Gasteiger partial charge in [0.1, 0.15) is 5.82 Å². The second-order valence-corrected chi connectivity index (χ2v) is 4.32. The molecule has 14 heavy (non-hydrogen) atoms. The van der Waals surface area contributed by atoms with Crippen LogP contribution in [0.3, 0.4) is 0 Å². The van der Waals surface area contributed by atoms with Crippen molar-refractivity contribution in [3.63, 3.8) is 0 Å². The molecule has 0 aliphatic heterocycles. The third kappa shape index (κ3) is 2.58. The van der Waals surface area contributed by atoms with Crippen LogP contribution in [0.2, 0.25) is 0 Å². The largest absolute Gasteiger partial charge is 0.338 e. The van der Waals surface area contributed by atoms with Crippen molar-refractivity contribution in [3.05, 3.63) is 18.2 Å². The molecule has 0 saturated carbocycles. The number of hydrogen-bond acceptors (Lipinski definition) is 2. The number of imidazole rings is 1. The van der Waals surface area contributed by atoms with E-state index in [4.69, 9.17) is 5.73 Å². The fourth-order valence-corrected chi connectivity index (χ4v) is 1.47. The summed E-state index contributed by atoms with van der Waals surface area (Å²) in [5.74, 6) is 1.15. The molecule has 0 radical (unpaired) electrons. The minimum Gasteiger partial charge on any atom is -0.338 e. The molecule has 1 unspecified atom stereocenters. The van der Waals surface area contributed by atoms with Crippen LogP contribution >= 0.6 is 0 Å². The van der Waals surface area contributed by atoms with E-state index in [0.717, 1.165) is 31.6 Å².